The van der Waals surface area contributed by atoms with E-state index in [0.717, 1.165) is 17.0 Å². The molecule has 2 rings (SSSR count). The van der Waals surface area contributed by atoms with Gasteiger partial charge in [-0.1, -0.05) is 15.9 Å². The van der Waals surface area contributed by atoms with Crippen molar-refractivity contribution in [3.63, 3.8) is 0 Å². The molecule has 0 fully saturated rings. The first kappa shape index (κ1) is 14.5. The largest absolute Gasteiger partial charge is 0.416 e. The van der Waals surface area contributed by atoms with Crippen molar-refractivity contribution in [1.82, 2.24) is 4.98 Å². The molecule has 2 aromatic rings. The van der Waals surface area contributed by atoms with E-state index in [4.69, 9.17) is 5.73 Å². The minimum absolute atomic E-state index is 0.447. The Morgan fingerprint density at radius 3 is 2.68 bits per heavy atom. The molecular formula is C12H10BrF3N2S. The van der Waals surface area contributed by atoms with Gasteiger partial charge in [-0.05, 0) is 23.8 Å². The van der Waals surface area contributed by atoms with E-state index in [9.17, 15) is 13.2 Å². The van der Waals surface area contributed by atoms with Gasteiger partial charge in [0, 0.05) is 28.0 Å². The molecule has 0 aliphatic carbocycles. The van der Waals surface area contributed by atoms with Crippen LogP contribution >= 0.6 is 27.3 Å². The molecule has 1 atom stereocenters. The lowest BCUT2D eigenvalue weighted by atomic mass is 10.0. The Morgan fingerprint density at radius 1 is 1.37 bits per heavy atom. The van der Waals surface area contributed by atoms with Crippen LogP contribution in [0.15, 0.2) is 34.4 Å². The lowest BCUT2D eigenvalue weighted by Crippen LogP contribution is -2.15. The number of thiazole rings is 1. The molecule has 0 saturated heterocycles. The molecule has 1 aromatic heterocycles. The van der Waals surface area contributed by atoms with Crippen LogP contribution in [0.2, 0.25) is 0 Å². The summed E-state index contributed by atoms with van der Waals surface area (Å²) in [6, 6.07) is 3.00. The van der Waals surface area contributed by atoms with E-state index in [-0.39, 0.29) is 0 Å². The summed E-state index contributed by atoms with van der Waals surface area (Å²) in [6.45, 7) is 0. The first-order valence-electron chi connectivity index (χ1n) is 5.37. The SMILES string of the molecule is NC(Cc1cncs1)c1cc(C(F)(F)F)ccc1Br. The molecule has 0 bridgehead atoms. The molecule has 1 unspecified atom stereocenters. The van der Waals surface area contributed by atoms with Crippen LogP contribution in [0, 0.1) is 0 Å². The van der Waals surface area contributed by atoms with Crippen LogP contribution in [0.4, 0.5) is 13.2 Å². The number of nitrogens with two attached hydrogens (primary N) is 1. The molecule has 0 amide bonds. The number of nitrogens with zero attached hydrogens (tertiary/aromatic N) is 1. The number of hydrogen-bond donors (Lipinski definition) is 1. The molecule has 0 aliphatic heterocycles. The van der Waals surface area contributed by atoms with Crippen LogP contribution in [-0.4, -0.2) is 4.98 Å². The minimum Gasteiger partial charge on any atom is -0.324 e. The number of rotatable bonds is 3. The molecular weight excluding hydrogens is 341 g/mol. The van der Waals surface area contributed by atoms with E-state index < -0.39 is 17.8 Å². The van der Waals surface area contributed by atoms with Crippen LogP contribution in [0.3, 0.4) is 0 Å². The van der Waals surface area contributed by atoms with Crippen LogP contribution in [0.25, 0.3) is 0 Å². The van der Waals surface area contributed by atoms with Crippen LogP contribution in [0.1, 0.15) is 22.0 Å². The fourth-order valence-electron chi connectivity index (χ4n) is 1.67. The molecule has 0 aliphatic rings. The van der Waals surface area contributed by atoms with Crippen molar-refractivity contribution in [2.45, 2.75) is 18.6 Å². The zero-order valence-corrected chi connectivity index (χ0v) is 12.0. The molecule has 1 heterocycles. The Labute approximate surface area is 120 Å². The zero-order chi connectivity index (χ0) is 14.0. The molecule has 19 heavy (non-hydrogen) atoms. The van der Waals surface area contributed by atoms with Crippen LogP contribution < -0.4 is 5.73 Å². The second kappa shape index (κ2) is 5.60. The molecule has 2 nitrogen and oxygen atoms in total. The Bertz CT molecular complexity index is 555. The average Bonchev–Trinajstić information content (AvgIpc) is 2.80. The summed E-state index contributed by atoms with van der Waals surface area (Å²) in [5, 5.41) is 0. The van der Waals surface area contributed by atoms with Crippen molar-refractivity contribution in [2.24, 2.45) is 5.73 Å². The molecule has 1 aromatic carbocycles. The van der Waals surface area contributed by atoms with Gasteiger partial charge in [-0.3, -0.25) is 4.98 Å². The third kappa shape index (κ3) is 3.55. The average molecular weight is 351 g/mol. The topological polar surface area (TPSA) is 38.9 Å². The summed E-state index contributed by atoms with van der Waals surface area (Å²) in [6.07, 6.45) is -2.23. The van der Waals surface area contributed by atoms with E-state index in [1.54, 1.807) is 11.7 Å². The predicted molar refractivity (Wildman–Crippen MR) is 71.9 cm³/mol. The maximum Gasteiger partial charge on any atom is 0.416 e. The quantitative estimate of drug-likeness (QED) is 0.902. The van der Waals surface area contributed by atoms with Gasteiger partial charge in [0.2, 0.25) is 0 Å². The number of alkyl halides is 3. The fourth-order valence-corrected chi connectivity index (χ4v) is 2.87. The second-order valence-electron chi connectivity index (χ2n) is 4.01. The normalized spacial score (nSPS) is 13.5. The van der Waals surface area contributed by atoms with E-state index in [1.807, 2.05) is 0 Å². The fraction of sp³-hybridized carbons (Fsp3) is 0.250. The number of halogens is 4. The van der Waals surface area contributed by atoms with Crippen LogP contribution in [0.5, 0.6) is 0 Å². The van der Waals surface area contributed by atoms with Crippen molar-refractivity contribution in [1.29, 1.82) is 0 Å². The van der Waals surface area contributed by atoms with Crippen molar-refractivity contribution in [2.75, 3.05) is 0 Å². The third-order valence-electron chi connectivity index (χ3n) is 2.63. The molecule has 2 N–H and O–H groups in total. The smallest absolute Gasteiger partial charge is 0.324 e. The molecule has 0 saturated carbocycles. The maximum absolute atomic E-state index is 12.7. The van der Waals surface area contributed by atoms with Gasteiger partial charge in [0.25, 0.3) is 0 Å². The van der Waals surface area contributed by atoms with E-state index in [2.05, 4.69) is 20.9 Å². The standard InChI is InChI=1S/C12H10BrF3N2S/c13-10-2-1-7(12(14,15)16)3-9(10)11(17)4-8-5-18-6-19-8/h1-3,5-6,11H,4,17H2. The van der Waals surface area contributed by atoms with Gasteiger partial charge in [0.05, 0.1) is 11.1 Å². The molecule has 0 radical (unpaired) electrons. The lowest BCUT2D eigenvalue weighted by molar-refractivity contribution is -0.137. The van der Waals surface area contributed by atoms with Gasteiger partial charge in [-0.15, -0.1) is 11.3 Å². The molecule has 0 spiro atoms. The van der Waals surface area contributed by atoms with Gasteiger partial charge in [0.15, 0.2) is 0 Å². The summed E-state index contributed by atoms with van der Waals surface area (Å²) in [5.41, 5.74) is 7.41. The summed E-state index contributed by atoms with van der Waals surface area (Å²) in [5.74, 6) is 0. The number of benzene rings is 1. The van der Waals surface area contributed by atoms with E-state index in [0.29, 0.717) is 16.5 Å². The van der Waals surface area contributed by atoms with Crippen LogP contribution in [-0.2, 0) is 12.6 Å². The maximum atomic E-state index is 12.7. The molecule has 7 heteroatoms. The highest BCUT2D eigenvalue weighted by Gasteiger charge is 2.31. The Morgan fingerprint density at radius 2 is 2.11 bits per heavy atom. The monoisotopic (exact) mass is 350 g/mol. The van der Waals surface area contributed by atoms with Gasteiger partial charge < -0.3 is 5.73 Å². The number of hydrogen-bond acceptors (Lipinski definition) is 3. The number of aromatic nitrogens is 1. The van der Waals surface area contributed by atoms with E-state index >= 15 is 0 Å². The van der Waals surface area contributed by atoms with Crippen molar-refractivity contribution >= 4 is 27.3 Å². The zero-order valence-electron chi connectivity index (χ0n) is 9.62. The summed E-state index contributed by atoms with van der Waals surface area (Å²) >= 11 is 4.68. The Kier molecular flexibility index (Phi) is 4.27. The molecule has 102 valence electrons. The Balaban J connectivity index is 2.28. The summed E-state index contributed by atoms with van der Waals surface area (Å²) < 4.78 is 38.6. The minimum atomic E-state index is -4.36. The van der Waals surface area contributed by atoms with Gasteiger partial charge in [0.1, 0.15) is 0 Å². The van der Waals surface area contributed by atoms with Gasteiger partial charge in [-0.25, -0.2) is 0 Å². The third-order valence-corrected chi connectivity index (χ3v) is 4.15. The first-order chi connectivity index (χ1) is 8.88. The summed E-state index contributed by atoms with van der Waals surface area (Å²) in [7, 11) is 0. The lowest BCUT2D eigenvalue weighted by Gasteiger charge is -2.15. The summed E-state index contributed by atoms with van der Waals surface area (Å²) in [4.78, 5) is 4.86. The van der Waals surface area contributed by atoms with Gasteiger partial charge >= 0.3 is 6.18 Å². The highest BCUT2D eigenvalue weighted by Crippen LogP contribution is 2.34. The van der Waals surface area contributed by atoms with E-state index in [1.165, 1.54) is 17.4 Å². The van der Waals surface area contributed by atoms with Crippen molar-refractivity contribution in [3.05, 3.63) is 50.4 Å². The Hall–Kier alpha value is -0.920. The predicted octanol–water partition coefficient (Wildman–Crippen LogP) is 4.17. The second-order valence-corrected chi connectivity index (χ2v) is 5.84. The highest BCUT2D eigenvalue weighted by molar-refractivity contribution is 9.10. The van der Waals surface area contributed by atoms with Crippen molar-refractivity contribution < 1.29 is 13.2 Å². The van der Waals surface area contributed by atoms with Gasteiger partial charge in [-0.2, -0.15) is 13.2 Å². The van der Waals surface area contributed by atoms with Crippen molar-refractivity contribution in [3.8, 4) is 0 Å². The highest BCUT2D eigenvalue weighted by atomic mass is 79.9. The first-order valence-corrected chi connectivity index (χ1v) is 7.05.